The summed E-state index contributed by atoms with van der Waals surface area (Å²) >= 11 is -2.23. The van der Waals surface area contributed by atoms with Crippen LogP contribution in [-0.2, 0) is 20.3 Å². The molecule has 0 aromatic rings. The van der Waals surface area contributed by atoms with Gasteiger partial charge in [0.05, 0.1) is 6.61 Å². The Morgan fingerprint density at radius 2 is 2.30 bits per heavy atom. The predicted molar refractivity (Wildman–Crippen MR) is 35.2 cm³/mol. The summed E-state index contributed by atoms with van der Waals surface area (Å²) in [5.74, 6) is -0.438. The molecule has 0 heterocycles. The Morgan fingerprint density at radius 3 is 2.70 bits per heavy atom. The minimum atomic E-state index is -2.23. The molecule has 0 bridgehead atoms. The lowest BCUT2D eigenvalue weighted by Gasteiger charge is -1.94. The van der Waals surface area contributed by atoms with Gasteiger partial charge in [0.25, 0.3) is 0 Å². The van der Waals surface area contributed by atoms with Gasteiger partial charge in [-0.3, -0.25) is 13.5 Å². The Morgan fingerprint density at radius 1 is 1.70 bits per heavy atom. The Labute approximate surface area is 61.0 Å². The van der Waals surface area contributed by atoms with E-state index in [2.05, 4.69) is 4.18 Å². The number of carbonyl (C=O) groups excluding carboxylic acids is 1. The van der Waals surface area contributed by atoms with E-state index in [1.165, 1.54) is 0 Å². The van der Waals surface area contributed by atoms with E-state index in [0.717, 1.165) is 0 Å². The quantitative estimate of drug-likeness (QED) is 0.423. The van der Waals surface area contributed by atoms with E-state index in [1.807, 2.05) is 0 Å². The van der Waals surface area contributed by atoms with Crippen molar-refractivity contribution in [3.05, 3.63) is 0 Å². The molecule has 60 valence electrons. The second-order valence-corrected chi connectivity index (χ2v) is 2.28. The second-order valence-electron chi connectivity index (χ2n) is 1.61. The maximum absolute atomic E-state index is 10.1. The van der Waals surface area contributed by atoms with Crippen molar-refractivity contribution in [2.45, 2.75) is 12.8 Å². The molecule has 0 fully saturated rings. The first kappa shape index (κ1) is 9.54. The van der Waals surface area contributed by atoms with Gasteiger partial charge in [-0.25, -0.2) is 0 Å². The van der Waals surface area contributed by atoms with Gasteiger partial charge in [-0.15, -0.1) is 0 Å². The highest BCUT2D eigenvalue weighted by molar-refractivity contribution is 7.74. The van der Waals surface area contributed by atoms with Crippen molar-refractivity contribution in [1.29, 1.82) is 0 Å². The van der Waals surface area contributed by atoms with Gasteiger partial charge < -0.3 is 5.73 Å². The second kappa shape index (κ2) is 5.33. The number of hydrogen-bond acceptors (Lipinski definition) is 3. The summed E-state index contributed by atoms with van der Waals surface area (Å²) in [6, 6.07) is 0. The third-order valence-electron chi connectivity index (χ3n) is 0.752. The number of rotatable bonds is 5. The third kappa shape index (κ3) is 7.54. The summed E-state index contributed by atoms with van der Waals surface area (Å²) in [5.41, 5.74) is 4.78. The maximum atomic E-state index is 10.1. The molecule has 0 aromatic carbocycles. The van der Waals surface area contributed by atoms with Crippen LogP contribution in [0.2, 0.25) is 0 Å². The molecule has 0 spiro atoms. The first-order valence-electron chi connectivity index (χ1n) is 2.65. The maximum Gasteiger partial charge on any atom is 0.301 e. The smallest absolute Gasteiger partial charge is 0.301 e. The van der Waals surface area contributed by atoms with Gasteiger partial charge in [0.2, 0.25) is 5.91 Å². The zero-order valence-electron chi connectivity index (χ0n) is 5.28. The molecular formula is C4H9NO4S. The Hall–Kier alpha value is -0.460. The number of amides is 1. The third-order valence-corrected chi connectivity index (χ3v) is 1.12. The predicted octanol–water partition coefficient (Wildman–Crippen LogP) is -0.595. The average Bonchev–Trinajstić information content (AvgIpc) is 1.79. The molecule has 0 radical (unpaired) electrons. The van der Waals surface area contributed by atoms with E-state index in [0.29, 0.717) is 6.42 Å². The normalized spacial score (nSPS) is 12.9. The Kier molecular flexibility index (Phi) is 5.09. The molecular weight excluding hydrogens is 158 g/mol. The number of hydrogen-bond donors (Lipinski definition) is 2. The minimum Gasteiger partial charge on any atom is -0.370 e. The molecule has 3 N–H and O–H groups in total. The molecule has 6 heteroatoms. The van der Waals surface area contributed by atoms with Crippen molar-refractivity contribution in [2.75, 3.05) is 6.61 Å². The fourth-order valence-corrected chi connectivity index (χ4v) is 0.637. The van der Waals surface area contributed by atoms with Gasteiger partial charge in [0, 0.05) is 6.42 Å². The molecule has 0 aromatic heterocycles. The zero-order chi connectivity index (χ0) is 7.98. The van der Waals surface area contributed by atoms with Gasteiger partial charge >= 0.3 is 11.4 Å². The molecule has 0 aliphatic heterocycles. The largest absolute Gasteiger partial charge is 0.370 e. The Bertz CT molecular complexity index is 121. The highest BCUT2D eigenvalue weighted by Gasteiger charge is 1.96. The molecule has 0 rings (SSSR count). The molecule has 0 saturated carbocycles. The topological polar surface area (TPSA) is 89.6 Å². The van der Waals surface area contributed by atoms with Crippen LogP contribution >= 0.6 is 0 Å². The highest BCUT2D eigenvalue weighted by Crippen LogP contribution is 1.89. The minimum absolute atomic E-state index is 0.0754. The Balaban J connectivity index is 3.06. The van der Waals surface area contributed by atoms with Gasteiger partial charge in [0.1, 0.15) is 0 Å². The van der Waals surface area contributed by atoms with Crippen LogP contribution < -0.4 is 5.73 Å². The van der Waals surface area contributed by atoms with Gasteiger partial charge in [-0.05, 0) is 6.42 Å². The van der Waals surface area contributed by atoms with Crippen LogP contribution in [-0.4, -0.2) is 21.3 Å². The van der Waals surface area contributed by atoms with Crippen molar-refractivity contribution in [1.82, 2.24) is 0 Å². The van der Waals surface area contributed by atoms with Crippen molar-refractivity contribution >= 4 is 17.3 Å². The van der Waals surface area contributed by atoms with Crippen molar-refractivity contribution in [3.63, 3.8) is 0 Å². The van der Waals surface area contributed by atoms with Crippen LogP contribution in [0.4, 0.5) is 0 Å². The lowest BCUT2D eigenvalue weighted by atomic mass is 10.3. The number of carbonyl (C=O) groups is 1. The molecule has 1 unspecified atom stereocenters. The first-order chi connectivity index (χ1) is 4.63. The van der Waals surface area contributed by atoms with Crippen molar-refractivity contribution in [3.8, 4) is 0 Å². The molecule has 5 nitrogen and oxygen atoms in total. The fraction of sp³-hybridized carbons (Fsp3) is 0.750. The lowest BCUT2D eigenvalue weighted by molar-refractivity contribution is -0.118. The van der Waals surface area contributed by atoms with E-state index in [1.54, 1.807) is 0 Å². The molecule has 10 heavy (non-hydrogen) atoms. The summed E-state index contributed by atoms with van der Waals surface area (Å²) in [4.78, 5) is 10.1. The van der Waals surface area contributed by atoms with Gasteiger partial charge in [0.15, 0.2) is 0 Å². The number of primary amides is 1. The van der Waals surface area contributed by atoms with E-state index in [4.69, 9.17) is 10.3 Å². The highest BCUT2D eigenvalue weighted by atomic mass is 32.2. The monoisotopic (exact) mass is 167 g/mol. The van der Waals surface area contributed by atoms with Crippen LogP contribution in [0, 0.1) is 0 Å². The van der Waals surface area contributed by atoms with Gasteiger partial charge in [-0.1, -0.05) is 0 Å². The van der Waals surface area contributed by atoms with Crippen molar-refractivity contribution in [2.24, 2.45) is 5.73 Å². The summed E-state index contributed by atoms with van der Waals surface area (Å²) in [6.45, 7) is 0.0754. The van der Waals surface area contributed by atoms with Crippen LogP contribution in [0.1, 0.15) is 12.8 Å². The average molecular weight is 167 g/mol. The van der Waals surface area contributed by atoms with Crippen LogP contribution in [0.15, 0.2) is 0 Å². The molecule has 0 saturated heterocycles. The van der Waals surface area contributed by atoms with E-state index < -0.39 is 17.3 Å². The fourth-order valence-electron chi connectivity index (χ4n) is 0.377. The summed E-state index contributed by atoms with van der Waals surface area (Å²) < 4.78 is 22.1. The van der Waals surface area contributed by atoms with Gasteiger partial charge in [-0.2, -0.15) is 4.21 Å². The summed E-state index contributed by atoms with van der Waals surface area (Å²) in [6.07, 6.45) is 0.554. The van der Waals surface area contributed by atoms with Crippen molar-refractivity contribution < 1.29 is 17.7 Å². The molecule has 1 atom stereocenters. The zero-order valence-corrected chi connectivity index (χ0v) is 6.10. The molecule has 1 amide bonds. The van der Waals surface area contributed by atoms with Crippen LogP contribution in [0.25, 0.3) is 0 Å². The number of nitrogens with two attached hydrogens (primary N) is 1. The SMILES string of the molecule is NC(=O)CCCOS(=O)O. The summed E-state index contributed by atoms with van der Waals surface area (Å²) in [5, 5.41) is 0. The standard InChI is InChI=1S/C4H9NO4S/c5-4(6)2-1-3-9-10(7)8/h1-3H2,(H2,5,6)(H,7,8). The van der Waals surface area contributed by atoms with E-state index in [9.17, 15) is 9.00 Å². The van der Waals surface area contributed by atoms with E-state index in [-0.39, 0.29) is 13.0 Å². The van der Waals surface area contributed by atoms with E-state index >= 15 is 0 Å². The molecule has 0 aliphatic carbocycles. The van der Waals surface area contributed by atoms with Crippen LogP contribution in [0.5, 0.6) is 0 Å². The lowest BCUT2D eigenvalue weighted by Crippen LogP contribution is -2.11. The first-order valence-corrected chi connectivity index (χ1v) is 3.68. The van der Waals surface area contributed by atoms with Crippen LogP contribution in [0.3, 0.4) is 0 Å². The summed E-state index contributed by atoms with van der Waals surface area (Å²) in [7, 11) is 0. The molecule has 0 aliphatic rings.